The van der Waals surface area contributed by atoms with E-state index in [-0.39, 0.29) is 0 Å². The quantitative estimate of drug-likeness (QED) is 0.196. The maximum absolute atomic E-state index is 5.67. The second kappa shape index (κ2) is 14.5. The predicted molar refractivity (Wildman–Crippen MR) is 201 cm³/mol. The molecule has 0 aliphatic carbocycles. The summed E-state index contributed by atoms with van der Waals surface area (Å²) in [7, 11) is 10.3. The highest BCUT2D eigenvalue weighted by atomic mass is 16.5. The van der Waals surface area contributed by atoms with E-state index in [2.05, 4.69) is 59.7 Å². The van der Waals surface area contributed by atoms with Gasteiger partial charge in [0, 0.05) is 55.0 Å². The van der Waals surface area contributed by atoms with Gasteiger partial charge in [-0.2, -0.15) is 0 Å². The summed E-state index contributed by atoms with van der Waals surface area (Å²) in [6, 6.07) is 18.2. The van der Waals surface area contributed by atoms with Gasteiger partial charge in [0.2, 0.25) is 0 Å². The fourth-order valence-corrected chi connectivity index (χ4v) is 8.72. The molecule has 0 aromatic heterocycles. The molecule has 0 spiro atoms. The van der Waals surface area contributed by atoms with Crippen molar-refractivity contribution in [3.05, 3.63) is 111 Å². The monoisotopic (exact) mass is 690 g/mol. The number of methoxy groups -OCH3 is 6. The van der Waals surface area contributed by atoms with Crippen LogP contribution in [-0.4, -0.2) is 65.5 Å². The maximum atomic E-state index is 5.67. The summed E-state index contributed by atoms with van der Waals surface area (Å²) in [6.07, 6.45) is 5.95. The minimum absolute atomic E-state index is 0.383. The molecule has 4 heterocycles. The molecule has 268 valence electrons. The Bertz CT molecular complexity index is 1950. The van der Waals surface area contributed by atoms with Crippen LogP contribution in [0, 0.1) is 6.92 Å². The first kappa shape index (κ1) is 34.8. The third kappa shape index (κ3) is 6.19. The molecule has 0 saturated carbocycles. The molecule has 51 heavy (non-hydrogen) atoms. The van der Waals surface area contributed by atoms with Gasteiger partial charge < -0.3 is 28.4 Å². The SMILES string of the molecule is C=Cc1cc2c(cc1OC)CCN1Cc3c(ccc(OC)c3OC)C[C@@H]21.COc1cc2c(cc1C)[C@@H]1Cc3ccc(OC)c(OC)c3CN1CC2. The summed E-state index contributed by atoms with van der Waals surface area (Å²) in [6.45, 7) is 9.96. The van der Waals surface area contributed by atoms with Gasteiger partial charge in [-0.05, 0) is 102 Å². The first-order chi connectivity index (χ1) is 24.8. The summed E-state index contributed by atoms with van der Waals surface area (Å²) in [4.78, 5) is 5.12. The Morgan fingerprint density at radius 3 is 1.49 bits per heavy atom. The molecule has 8 nitrogen and oxygen atoms in total. The third-order valence-electron chi connectivity index (χ3n) is 11.3. The molecule has 4 aromatic carbocycles. The Labute approximate surface area is 302 Å². The molecule has 0 radical (unpaired) electrons. The smallest absolute Gasteiger partial charge is 0.165 e. The predicted octanol–water partition coefficient (Wildman–Crippen LogP) is 7.69. The van der Waals surface area contributed by atoms with Crippen LogP contribution in [0.15, 0.2) is 55.1 Å². The largest absolute Gasteiger partial charge is 0.496 e. The minimum Gasteiger partial charge on any atom is -0.496 e. The van der Waals surface area contributed by atoms with Crippen molar-refractivity contribution in [3.8, 4) is 34.5 Å². The maximum Gasteiger partial charge on any atom is 0.165 e. The lowest BCUT2D eigenvalue weighted by atomic mass is 9.83. The van der Waals surface area contributed by atoms with Crippen molar-refractivity contribution >= 4 is 6.08 Å². The lowest BCUT2D eigenvalue weighted by molar-refractivity contribution is 0.157. The average molecular weight is 691 g/mol. The summed E-state index contributed by atoms with van der Waals surface area (Å²) < 4.78 is 33.3. The molecule has 0 bridgehead atoms. The molecule has 0 N–H and O–H groups in total. The topological polar surface area (TPSA) is 61.9 Å². The highest BCUT2D eigenvalue weighted by Gasteiger charge is 2.36. The molecular formula is C43H50N2O6. The molecule has 0 amide bonds. The van der Waals surface area contributed by atoms with Crippen LogP contribution in [0.25, 0.3) is 6.08 Å². The van der Waals surface area contributed by atoms with Crippen LogP contribution in [0.4, 0.5) is 0 Å². The number of ether oxygens (including phenoxy) is 6. The summed E-state index contributed by atoms with van der Waals surface area (Å²) in [5.74, 6) is 5.29. The van der Waals surface area contributed by atoms with Crippen LogP contribution >= 0.6 is 0 Å². The van der Waals surface area contributed by atoms with Crippen LogP contribution in [0.5, 0.6) is 34.5 Å². The van der Waals surface area contributed by atoms with Crippen LogP contribution in [-0.2, 0) is 38.8 Å². The molecule has 8 rings (SSSR count). The van der Waals surface area contributed by atoms with Gasteiger partial charge in [0.25, 0.3) is 0 Å². The van der Waals surface area contributed by atoms with Gasteiger partial charge in [0.15, 0.2) is 23.0 Å². The van der Waals surface area contributed by atoms with Gasteiger partial charge in [-0.15, -0.1) is 0 Å². The van der Waals surface area contributed by atoms with E-state index in [4.69, 9.17) is 28.4 Å². The Hall–Kier alpha value is -4.66. The molecule has 4 aromatic rings. The molecule has 4 aliphatic heterocycles. The first-order valence-electron chi connectivity index (χ1n) is 17.8. The zero-order chi connectivity index (χ0) is 35.8. The minimum atomic E-state index is 0.383. The highest BCUT2D eigenvalue weighted by Crippen LogP contribution is 2.46. The summed E-state index contributed by atoms with van der Waals surface area (Å²) in [5.41, 5.74) is 13.2. The van der Waals surface area contributed by atoms with Crippen molar-refractivity contribution in [2.75, 3.05) is 55.7 Å². The zero-order valence-corrected chi connectivity index (χ0v) is 31.1. The van der Waals surface area contributed by atoms with E-state index in [0.717, 1.165) is 91.9 Å². The number of aryl methyl sites for hydroxylation is 1. The van der Waals surface area contributed by atoms with Crippen molar-refractivity contribution in [1.29, 1.82) is 0 Å². The lowest BCUT2D eigenvalue weighted by Gasteiger charge is -2.42. The van der Waals surface area contributed by atoms with Gasteiger partial charge in [-0.3, -0.25) is 9.80 Å². The van der Waals surface area contributed by atoms with Crippen molar-refractivity contribution < 1.29 is 28.4 Å². The second-order valence-electron chi connectivity index (χ2n) is 13.8. The Balaban J connectivity index is 0.000000159. The Morgan fingerprint density at radius 2 is 1.04 bits per heavy atom. The molecular weight excluding hydrogens is 640 g/mol. The number of rotatable bonds is 7. The molecule has 0 fully saturated rings. The van der Waals surface area contributed by atoms with Crippen LogP contribution in [0.3, 0.4) is 0 Å². The van der Waals surface area contributed by atoms with Gasteiger partial charge in [-0.25, -0.2) is 0 Å². The first-order valence-corrected chi connectivity index (χ1v) is 17.8. The van der Waals surface area contributed by atoms with Gasteiger partial charge in [-0.1, -0.05) is 30.9 Å². The van der Waals surface area contributed by atoms with E-state index in [1.807, 2.05) is 18.2 Å². The molecule has 0 unspecified atom stereocenters. The van der Waals surface area contributed by atoms with Crippen LogP contribution < -0.4 is 28.4 Å². The Kier molecular flexibility index (Phi) is 9.90. The third-order valence-corrected chi connectivity index (χ3v) is 11.3. The Morgan fingerprint density at radius 1 is 0.569 bits per heavy atom. The number of hydrogen-bond acceptors (Lipinski definition) is 8. The van der Waals surface area contributed by atoms with E-state index in [1.165, 1.54) is 50.1 Å². The van der Waals surface area contributed by atoms with Crippen LogP contribution in [0.2, 0.25) is 0 Å². The molecule has 0 saturated heterocycles. The van der Waals surface area contributed by atoms with Crippen molar-refractivity contribution in [1.82, 2.24) is 9.80 Å². The molecule has 2 atom stereocenters. The summed E-state index contributed by atoms with van der Waals surface area (Å²) >= 11 is 0. The van der Waals surface area contributed by atoms with E-state index >= 15 is 0 Å². The molecule has 8 heteroatoms. The van der Waals surface area contributed by atoms with E-state index in [1.54, 1.807) is 42.7 Å². The number of fused-ring (bicyclic) bond motifs is 8. The van der Waals surface area contributed by atoms with Crippen LogP contribution in [0.1, 0.15) is 67.7 Å². The molecule has 4 aliphatic rings. The number of benzene rings is 4. The summed E-state index contributed by atoms with van der Waals surface area (Å²) in [5, 5.41) is 0. The second-order valence-corrected chi connectivity index (χ2v) is 13.8. The number of nitrogens with zero attached hydrogens (tertiary/aromatic N) is 2. The zero-order valence-electron chi connectivity index (χ0n) is 31.1. The highest BCUT2D eigenvalue weighted by molar-refractivity contribution is 5.61. The van der Waals surface area contributed by atoms with Gasteiger partial charge in [0.05, 0.1) is 42.7 Å². The van der Waals surface area contributed by atoms with Crippen molar-refractivity contribution in [3.63, 3.8) is 0 Å². The van der Waals surface area contributed by atoms with Crippen molar-refractivity contribution in [2.24, 2.45) is 0 Å². The normalized spacial score (nSPS) is 18.6. The van der Waals surface area contributed by atoms with E-state index in [9.17, 15) is 0 Å². The fraction of sp³-hybridized carbons (Fsp3) is 0.395. The van der Waals surface area contributed by atoms with E-state index in [0.29, 0.717) is 12.1 Å². The van der Waals surface area contributed by atoms with Gasteiger partial charge >= 0.3 is 0 Å². The van der Waals surface area contributed by atoms with E-state index < -0.39 is 0 Å². The standard InChI is InChI=1S/C22H25NO3.C21H25NO3/c1-5-14-10-17-16(12-21(14)25-3)8-9-23-13-18-15(11-19(17)23)6-7-20(24-2)22(18)26-4;1-13-9-16-15(11-20(13)24-3)7-8-22-12-17-14(10-18(16)22)5-6-19(23-2)21(17)25-4/h5-7,10,12,19H,1,8-9,11,13H2,2-4H3;5-6,9,11,18H,7-8,10,12H2,1-4H3/t19-;18-/m00/s1. The van der Waals surface area contributed by atoms with Crippen molar-refractivity contribution in [2.45, 2.75) is 57.8 Å². The fourth-order valence-electron chi connectivity index (χ4n) is 8.72. The van der Waals surface area contributed by atoms with Gasteiger partial charge in [0.1, 0.15) is 11.5 Å². The average Bonchev–Trinajstić information content (AvgIpc) is 3.17. The number of hydrogen-bond donors (Lipinski definition) is 0. The lowest BCUT2D eigenvalue weighted by Crippen LogP contribution is -2.39.